The molecule has 0 unspecified atom stereocenters. The Morgan fingerprint density at radius 3 is 2.95 bits per heavy atom. The van der Waals surface area contributed by atoms with Gasteiger partial charge in [0.2, 0.25) is 5.89 Å². The molecule has 7 heteroatoms. The average molecular weight is 340 g/mol. The Kier molecular flexibility index (Phi) is 3.29. The third kappa shape index (κ3) is 2.33. The van der Waals surface area contributed by atoms with E-state index >= 15 is 0 Å². The first-order valence-corrected chi connectivity index (χ1v) is 6.90. The van der Waals surface area contributed by atoms with E-state index in [4.69, 9.17) is 4.42 Å². The minimum atomic E-state index is -0.362. The SMILES string of the molecule is Cc1nnc(C(=O)N2CCc3cc(Br)cc(F)c3C2)o1. The van der Waals surface area contributed by atoms with E-state index in [1.54, 1.807) is 6.92 Å². The monoisotopic (exact) mass is 339 g/mol. The van der Waals surface area contributed by atoms with Gasteiger partial charge in [-0.05, 0) is 24.1 Å². The van der Waals surface area contributed by atoms with Gasteiger partial charge in [-0.25, -0.2) is 4.39 Å². The number of rotatable bonds is 1. The summed E-state index contributed by atoms with van der Waals surface area (Å²) in [4.78, 5) is 13.7. The van der Waals surface area contributed by atoms with Gasteiger partial charge < -0.3 is 9.32 Å². The third-order valence-corrected chi connectivity index (χ3v) is 3.71. The number of nitrogens with zero attached hydrogens (tertiary/aromatic N) is 3. The predicted molar refractivity (Wildman–Crippen MR) is 71.6 cm³/mol. The molecule has 1 aliphatic heterocycles. The zero-order valence-electron chi connectivity index (χ0n) is 10.7. The van der Waals surface area contributed by atoms with Crippen LogP contribution >= 0.6 is 15.9 Å². The summed E-state index contributed by atoms with van der Waals surface area (Å²) in [6.07, 6.45) is 0.602. The molecule has 20 heavy (non-hydrogen) atoms. The standard InChI is InChI=1S/C13H11BrFN3O2/c1-7-16-17-12(20-7)13(19)18-3-2-8-4-9(14)5-11(15)10(8)6-18/h4-5H,2-3,6H2,1H3. The van der Waals surface area contributed by atoms with Gasteiger partial charge in [-0.2, -0.15) is 0 Å². The van der Waals surface area contributed by atoms with Crippen LogP contribution in [-0.4, -0.2) is 27.5 Å². The fourth-order valence-corrected chi connectivity index (χ4v) is 2.75. The summed E-state index contributed by atoms with van der Waals surface area (Å²) >= 11 is 3.27. The van der Waals surface area contributed by atoms with E-state index < -0.39 is 0 Å². The van der Waals surface area contributed by atoms with Crippen LogP contribution in [0.15, 0.2) is 21.0 Å². The fraction of sp³-hybridized carbons (Fsp3) is 0.308. The van der Waals surface area contributed by atoms with Crippen molar-refractivity contribution in [2.75, 3.05) is 6.54 Å². The minimum absolute atomic E-state index is 0.0523. The lowest BCUT2D eigenvalue weighted by molar-refractivity contribution is 0.0690. The molecule has 0 saturated heterocycles. The highest BCUT2D eigenvalue weighted by Gasteiger charge is 2.27. The Hall–Kier alpha value is -1.76. The molecule has 0 saturated carbocycles. The molecule has 0 fully saturated rings. The molecule has 0 aliphatic carbocycles. The maximum Gasteiger partial charge on any atom is 0.311 e. The number of fused-ring (bicyclic) bond motifs is 1. The van der Waals surface area contributed by atoms with E-state index in [1.807, 2.05) is 6.07 Å². The van der Waals surface area contributed by atoms with Gasteiger partial charge in [-0.1, -0.05) is 15.9 Å². The highest BCUT2D eigenvalue weighted by Crippen LogP contribution is 2.26. The minimum Gasteiger partial charge on any atom is -0.417 e. The number of aryl methyl sites for hydroxylation is 1. The highest BCUT2D eigenvalue weighted by atomic mass is 79.9. The number of hydrogen-bond donors (Lipinski definition) is 0. The van der Waals surface area contributed by atoms with Gasteiger partial charge in [0.25, 0.3) is 0 Å². The van der Waals surface area contributed by atoms with Gasteiger partial charge in [0.1, 0.15) is 5.82 Å². The molecule has 1 aromatic heterocycles. The molecule has 3 rings (SSSR count). The van der Waals surface area contributed by atoms with E-state index in [0.717, 1.165) is 5.56 Å². The van der Waals surface area contributed by atoms with Gasteiger partial charge in [0.15, 0.2) is 0 Å². The second-order valence-electron chi connectivity index (χ2n) is 4.63. The number of carbonyl (C=O) groups excluding carboxylic acids is 1. The topological polar surface area (TPSA) is 59.2 Å². The van der Waals surface area contributed by atoms with Crippen molar-refractivity contribution in [1.82, 2.24) is 15.1 Å². The number of aromatic nitrogens is 2. The number of benzene rings is 1. The Bertz CT molecular complexity index is 686. The van der Waals surface area contributed by atoms with Crippen molar-refractivity contribution in [2.45, 2.75) is 19.9 Å². The Balaban J connectivity index is 1.87. The van der Waals surface area contributed by atoms with E-state index in [0.29, 0.717) is 28.9 Å². The van der Waals surface area contributed by atoms with Crippen LogP contribution < -0.4 is 0 Å². The maximum atomic E-state index is 14.0. The van der Waals surface area contributed by atoms with Crippen LogP contribution in [0, 0.1) is 12.7 Å². The zero-order valence-corrected chi connectivity index (χ0v) is 12.3. The van der Waals surface area contributed by atoms with Crippen molar-refractivity contribution < 1.29 is 13.6 Å². The Morgan fingerprint density at radius 2 is 2.25 bits per heavy atom. The van der Waals surface area contributed by atoms with Gasteiger partial charge in [0.05, 0.1) is 0 Å². The van der Waals surface area contributed by atoms with Crippen molar-refractivity contribution in [2.24, 2.45) is 0 Å². The summed E-state index contributed by atoms with van der Waals surface area (Å²) in [6, 6.07) is 3.29. The molecule has 104 valence electrons. The molecule has 2 heterocycles. The molecule has 1 amide bonds. The first-order valence-electron chi connectivity index (χ1n) is 6.11. The van der Waals surface area contributed by atoms with Crippen molar-refractivity contribution in [3.05, 3.63) is 45.3 Å². The molecule has 0 spiro atoms. The summed E-state index contributed by atoms with van der Waals surface area (Å²) in [7, 11) is 0. The van der Waals surface area contributed by atoms with Gasteiger partial charge in [-0.15, -0.1) is 10.2 Å². The van der Waals surface area contributed by atoms with Crippen molar-refractivity contribution >= 4 is 21.8 Å². The highest BCUT2D eigenvalue weighted by molar-refractivity contribution is 9.10. The summed E-state index contributed by atoms with van der Waals surface area (Å²) in [6.45, 7) is 2.34. The lowest BCUT2D eigenvalue weighted by atomic mass is 9.99. The second-order valence-corrected chi connectivity index (χ2v) is 5.54. The van der Waals surface area contributed by atoms with Crippen LogP contribution in [0.25, 0.3) is 0 Å². The van der Waals surface area contributed by atoms with E-state index in [-0.39, 0.29) is 24.2 Å². The fourth-order valence-electron chi connectivity index (χ4n) is 2.27. The van der Waals surface area contributed by atoms with Crippen LogP contribution in [0.1, 0.15) is 27.7 Å². The quantitative estimate of drug-likeness (QED) is 0.800. The second kappa shape index (κ2) is 4.97. The van der Waals surface area contributed by atoms with Gasteiger partial charge in [-0.3, -0.25) is 4.79 Å². The van der Waals surface area contributed by atoms with Crippen LogP contribution in [0.3, 0.4) is 0 Å². The van der Waals surface area contributed by atoms with E-state index in [9.17, 15) is 9.18 Å². The van der Waals surface area contributed by atoms with Crippen LogP contribution in [0.5, 0.6) is 0 Å². The van der Waals surface area contributed by atoms with Crippen LogP contribution in [0.2, 0.25) is 0 Å². The van der Waals surface area contributed by atoms with Gasteiger partial charge in [0, 0.05) is 30.0 Å². The predicted octanol–water partition coefficient (Wildman–Crippen LogP) is 2.48. The van der Waals surface area contributed by atoms with Crippen LogP contribution in [0.4, 0.5) is 4.39 Å². The van der Waals surface area contributed by atoms with Crippen molar-refractivity contribution in [1.29, 1.82) is 0 Å². The molecule has 1 aromatic carbocycles. The van der Waals surface area contributed by atoms with Crippen molar-refractivity contribution in [3.63, 3.8) is 0 Å². The first kappa shape index (κ1) is 13.2. The molecule has 1 aliphatic rings. The van der Waals surface area contributed by atoms with E-state index in [2.05, 4.69) is 26.1 Å². The molecule has 5 nitrogen and oxygen atoms in total. The largest absolute Gasteiger partial charge is 0.417 e. The molecular weight excluding hydrogens is 329 g/mol. The molecular formula is C13H11BrFN3O2. The molecule has 0 atom stereocenters. The normalized spacial score (nSPS) is 14.2. The Labute approximate surface area is 122 Å². The van der Waals surface area contributed by atoms with Gasteiger partial charge >= 0.3 is 11.8 Å². The summed E-state index contributed by atoms with van der Waals surface area (Å²) < 4.78 is 19.8. The molecule has 0 radical (unpaired) electrons. The number of hydrogen-bond acceptors (Lipinski definition) is 4. The first-order chi connectivity index (χ1) is 9.54. The van der Waals surface area contributed by atoms with Crippen molar-refractivity contribution in [3.8, 4) is 0 Å². The molecule has 0 N–H and O–H groups in total. The Morgan fingerprint density at radius 1 is 1.45 bits per heavy atom. The summed E-state index contributed by atoms with van der Waals surface area (Å²) in [5.41, 5.74) is 1.46. The summed E-state index contributed by atoms with van der Waals surface area (Å²) in [5.74, 6) is -0.392. The lowest BCUT2D eigenvalue weighted by Crippen LogP contribution is -2.36. The van der Waals surface area contributed by atoms with Crippen LogP contribution in [-0.2, 0) is 13.0 Å². The number of halogens is 2. The molecule has 2 aromatic rings. The lowest BCUT2D eigenvalue weighted by Gasteiger charge is -2.28. The number of carbonyl (C=O) groups is 1. The molecule has 0 bridgehead atoms. The smallest absolute Gasteiger partial charge is 0.311 e. The third-order valence-electron chi connectivity index (χ3n) is 3.25. The average Bonchev–Trinajstić information content (AvgIpc) is 2.84. The number of amides is 1. The summed E-state index contributed by atoms with van der Waals surface area (Å²) in [5, 5.41) is 7.34. The van der Waals surface area contributed by atoms with E-state index in [1.165, 1.54) is 11.0 Å². The zero-order chi connectivity index (χ0) is 14.3. The maximum absolute atomic E-state index is 14.0.